The van der Waals surface area contributed by atoms with Gasteiger partial charge in [0.2, 0.25) is 0 Å². The minimum atomic E-state index is -3.69. The van der Waals surface area contributed by atoms with E-state index in [2.05, 4.69) is 10.2 Å². The second-order valence-electron chi connectivity index (χ2n) is 4.41. The number of benzene rings is 1. The summed E-state index contributed by atoms with van der Waals surface area (Å²) in [7, 11) is -7.33. The lowest BCUT2D eigenvalue weighted by atomic mass is 10.1. The van der Waals surface area contributed by atoms with Crippen molar-refractivity contribution in [2.24, 2.45) is 0 Å². The number of sulfone groups is 2. The molecule has 0 atom stereocenters. The Hall–Kier alpha value is -1.87. The molecule has 3 N–H and O–H groups in total. The van der Waals surface area contributed by atoms with E-state index in [4.69, 9.17) is 5.73 Å². The zero-order chi connectivity index (χ0) is 15.1. The average molecular weight is 315 g/mol. The van der Waals surface area contributed by atoms with Crippen molar-refractivity contribution in [1.29, 1.82) is 0 Å². The SMILES string of the molecule is CS(=O)(=O)c1ccc(-c2cc(N)n[nH]2)cc1S(C)(=O)=O. The van der Waals surface area contributed by atoms with Crippen LogP contribution in [0.4, 0.5) is 5.82 Å². The molecule has 2 rings (SSSR count). The summed E-state index contributed by atoms with van der Waals surface area (Å²) in [5.41, 5.74) is 6.48. The molecule has 7 nitrogen and oxygen atoms in total. The first-order valence-electron chi connectivity index (χ1n) is 5.44. The number of aromatic nitrogens is 2. The largest absolute Gasteiger partial charge is 0.382 e. The maximum absolute atomic E-state index is 11.8. The predicted molar refractivity (Wildman–Crippen MR) is 74.7 cm³/mol. The molecule has 0 saturated heterocycles. The van der Waals surface area contributed by atoms with Crippen LogP contribution >= 0.6 is 0 Å². The van der Waals surface area contributed by atoms with Gasteiger partial charge in [0.15, 0.2) is 19.7 Å². The van der Waals surface area contributed by atoms with Crippen molar-refractivity contribution in [3.05, 3.63) is 24.3 Å². The molecule has 2 aromatic rings. The molecule has 0 radical (unpaired) electrons. The van der Waals surface area contributed by atoms with Gasteiger partial charge < -0.3 is 5.73 Å². The van der Waals surface area contributed by atoms with Gasteiger partial charge in [-0.2, -0.15) is 5.10 Å². The van der Waals surface area contributed by atoms with Crippen molar-refractivity contribution in [3.63, 3.8) is 0 Å². The Labute approximate surface area is 116 Å². The van der Waals surface area contributed by atoms with Crippen molar-refractivity contribution in [2.75, 3.05) is 18.2 Å². The molecule has 1 aromatic heterocycles. The van der Waals surface area contributed by atoms with Crippen molar-refractivity contribution in [2.45, 2.75) is 9.79 Å². The molecular formula is C11H13N3O4S2. The third-order valence-electron chi connectivity index (χ3n) is 2.65. The zero-order valence-electron chi connectivity index (χ0n) is 10.8. The van der Waals surface area contributed by atoms with Crippen molar-refractivity contribution >= 4 is 25.5 Å². The number of nitrogens with zero attached hydrogens (tertiary/aromatic N) is 1. The summed E-state index contributed by atoms with van der Waals surface area (Å²) >= 11 is 0. The van der Waals surface area contributed by atoms with Gasteiger partial charge in [-0.25, -0.2) is 16.8 Å². The van der Waals surface area contributed by atoms with E-state index in [0.717, 1.165) is 12.5 Å². The maximum Gasteiger partial charge on any atom is 0.176 e. The monoisotopic (exact) mass is 315 g/mol. The summed E-state index contributed by atoms with van der Waals surface area (Å²) in [5.74, 6) is 0.257. The molecule has 0 aliphatic heterocycles. The number of anilines is 1. The third-order valence-corrected chi connectivity index (χ3v) is 5.07. The Morgan fingerprint density at radius 3 is 2.05 bits per heavy atom. The van der Waals surface area contributed by atoms with E-state index in [9.17, 15) is 16.8 Å². The molecule has 1 aromatic carbocycles. The van der Waals surface area contributed by atoms with Gasteiger partial charge in [-0.3, -0.25) is 5.10 Å². The molecule has 20 heavy (non-hydrogen) atoms. The Kier molecular flexibility index (Phi) is 3.34. The smallest absolute Gasteiger partial charge is 0.176 e. The van der Waals surface area contributed by atoms with Gasteiger partial charge in [0, 0.05) is 24.1 Å². The molecule has 0 bridgehead atoms. The fourth-order valence-electron chi connectivity index (χ4n) is 1.76. The number of H-pyrrole nitrogens is 1. The van der Waals surface area contributed by atoms with Gasteiger partial charge in [-0.15, -0.1) is 0 Å². The molecule has 0 aliphatic carbocycles. The van der Waals surface area contributed by atoms with Crippen LogP contribution in [-0.4, -0.2) is 39.5 Å². The lowest BCUT2D eigenvalue weighted by Gasteiger charge is -2.08. The van der Waals surface area contributed by atoms with Crippen LogP contribution in [0, 0.1) is 0 Å². The first kappa shape index (κ1) is 14.5. The van der Waals surface area contributed by atoms with Gasteiger partial charge in [-0.05, 0) is 12.1 Å². The number of rotatable bonds is 3. The number of hydrogen-bond donors (Lipinski definition) is 2. The van der Waals surface area contributed by atoms with Crippen LogP contribution in [0.2, 0.25) is 0 Å². The predicted octanol–water partition coefficient (Wildman–Crippen LogP) is 0.466. The van der Waals surface area contributed by atoms with E-state index in [0.29, 0.717) is 11.3 Å². The normalized spacial score (nSPS) is 12.5. The number of nitrogen functional groups attached to an aromatic ring is 1. The summed E-state index contributed by atoms with van der Waals surface area (Å²) in [6.07, 6.45) is 1.92. The average Bonchev–Trinajstić information content (AvgIpc) is 2.73. The maximum atomic E-state index is 11.8. The molecular weight excluding hydrogens is 302 g/mol. The van der Waals surface area contributed by atoms with Gasteiger partial charge in [0.25, 0.3) is 0 Å². The molecule has 0 saturated carbocycles. The molecule has 0 aliphatic rings. The number of hydrogen-bond acceptors (Lipinski definition) is 6. The number of nitrogens with two attached hydrogens (primary N) is 1. The van der Waals surface area contributed by atoms with Gasteiger partial charge in [0.05, 0.1) is 15.5 Å². The van der Waals surface area contributed by atoms with E-state index in [1.165, 1.54) is 24.3 Å². The Morgan fingerprint density at radius 2 is 1.60 bits per heavy atom. The summed E-state index contributed by atoms with van der Waals surface area (Å²) in [6, 6.07) is 5.58. The Bertz CT molecular complexity index is 867. The summed E-state index contributed by atoms with van der Waals surface area (Å²) in [4.78, 5) is -0.470. The van der Waals surface area contributed by atoms with E-state index >= 15 is 0 Å². The molecule has 0 fully saturated rings. The van der Waals surface area contributed by atoms with E-state index in [1.807, 2.05) is 0 Å². The highest BCUT2D eigenvalue weighted by Gasteiger charge is 2.21. The number of aromatic amines is 1. The fourth-order valence-corrected chi connectivity index (χ4v) is 4.18. The molecule has 0 unspecified atom stereocenters. The quantitative estimate of drug-likeness (QED) is 0.848. The highest BCUT2D eigenvalue weighted by molar-refractivity contribution is 7.93. The van der Waals surface area contributed by atoms with E-state index < -0.39 is 19.7 Å². The van der Waals surface area contributed by atoms with Gasteiger partial charge in [0.1, 0.15) is 5.82 Å². The van der Waals surface area contributed by atoms with Crippen molar-refractivity contribution in [3.8, 4) is 11.3 Å². The van der Waals surface area contributed by atoms with E-state index in [1.54, 1.807) is 0 Å². The summed E-state index contributed by atoms with van der Waals surface area (Å²) < 4.78 is 46.8. The second kappa shape index (κ2) is 4.60. The van der Waals surface area contributed by atoms with Crippen LogP contribution in [-0.2, 0) is 19.7 Å². The van der Waals surface area contributed by atoms with Crippen LogP contribution in [0.25, 0.3) is 11.3 Å². The van der Waals surface area contributed by atoms with Crippen LogP contribution in [0.3, 0.4) is 0 Å². The molecule has 9 heteroatoms. The van der Waals surface area contributed by atoms with E-state index in [-0.39, 0.29) is 15.6 Å². The zero-order valence-corrected chi connectivity index (χ0v) is 12.4. The lowest BCUT2D eigenvalue weighted by molar-refractivity contribution is 0.589. The topological polar surface area (TPSA) is 123 Å². The Balaban J connectivity index is 2.74. The standard InChI is InChI=1S/C11H13N3O4S2/c1-19(15,16)9-4-3-7(5-10(9)20(2,17)18)8-6-11(12)14-13-8/h3-6H,1-2H3,(H3,12,13,14). The highest BCUT2D eigenvalue weighted by atomic mass is 32.2. The first-order chi connectivity index (χ1) is 9.09. The van der Waals surface area contributed by atoms with Crippen LogP contribution in [0.15, 0.2) is 34.1 Å². The van der Waals surface area contributed by atoms with Crippen LogP contribution in [0.1, 0.15) is 0 Å². The number of nitrogens with one attached hydrogen (secondary N) is 1. The van der Waals surface area contributed by atoms with Crippen molar-refractivity contribution < 1.29 is 16.8 Å². The minimum Gasteiger partial charge on any atom is -0.382 e. The highest BCUT2D eigenvalue weighted by Crippen LogP contribution is 2.27. The summed E-state index contributed by atoms with van der Waals surface area (Å²) in [6.45, 7) is 0. The van der Waals surface area contributed by atoms with Gasteiger partial charge >= 0.3 is 0 Å². The van der Waals surface area contributed by atoms with Crippen LogP contribution < -0.4 is 5.73 Å². The molecule has 108 valence electrons. The molecule has 0 amide bonds. The molecule has 0 spiro atoms. The van der Waals surface area contributed by atoms with Crippen LogP contribution in [0.5, 0.6) is 0 Å². The minimum absolute atomic E-state index is 0.226. The first-order valence-corrected chi connectivity index (χ1v) is 9.23. The lowest BCUT2D eigenvalue weighted by Crippen LogP contribution is -2.07. The van der Waals surface area contributed by atoms with Crippen molar-refractivity contribution in [1.82, 2.24) is 10.2 Å². The molecule has 1 heterocycles. The summed E-state index contributed by atoms with van der Waals surface area (Å²) in [5, 5.41) is 6.38. The Morgan fingerprint density at radius 1 is 1.00 bits per heavy atom. The third kappa shape index (κ3) is 2.83. The fraction of sp³-hybridized carbons (Fsp3) is 0.182. The second-order valence-corrected chi connectivity index (χ2v) is 8.38. The van der Waals surface area contributed by atoms with Gasteiger partial charge in [-0.1, -0.05) is 6.07 Å².